The highest BCUT2D eigenvalue weighted by Crippen LogP contribution is 2.46. The van der Waals surface area contributed by atoms with Crippen molar-refractivity contribution in [2.45, 2.75) is 51.1 Å². The van der Waals surface area contributed by atoms with Crippen molar-refractivity contribution in [1.29, 1.82) is 0 Å². The van der Waals surface area contributed by atoms with Gasteiger partial charge in [-0.1, -0.05) is 30.3 Å². The van der Waals surface area contributed by atoms with Gasteiger partial charge >= 0.3 is 0 Å². The summed E-state index contributed by atoms with van der Waals surface area (Å²) >= 11 is 4.96. The van der Waals surface area contributed by atoms with Crippen LogP contribution in [0.25, 0.3) is 0 Å². The van der Waals surface area contributed by atoms with Crippen LogP contribution in [0.2, 0.25) is 19.6 Å². The van der Waals surface area contributed by atoms with Crippen molar-refractivity contribution in [3.8, 4) is 0 Å². The molecule has 1 fully saturated rings. The van der Waals surface area contributed by atoms with Gasteiger partial charge in [0.1, 0.15) is 11.7 Å². The highest BCUT2D eigenvalue weighted by molar-refractivity contribution is 7.80. The number of benzene rings is 1. The topological polar surface area (TPSA) is 27.7 Å². The van der Waals surface area contributed by atoms with E-state index in [2.05, 4.69) is 43.9 Å². The van der Waals surface area contributed by atoms with Crippen molar-refractivity contribution in [3.63, 3.8) is 0 Å². The van der Waals surface area contributed by atoms with E-state index >= 15 is 0 Å². The minimum atomic E-state index is -1.67. The first-order valence-electron chi connectivity index (χ1n) is 7.82. The molecule has 3 nitrogen and oxygen atoms in total. The minimum Gasteiger partial charge on any atom is -0.487 e. The van der Waals surface area contributed by atoms with E-state index in [1.165, 1.54) is 5.56 Å². The van der Waals surface area contributed by atoms with Crippen LogP contribution in [0.3, 0.4) is 0 Å². The van der Waals surface area contributed by atoms with Gasteiger partial charge in [0.05, 0.1) is 13.2 Å². The molecular weight excluding hydrogens is 312 g/mol. The lowest BCUT2D eigenvalue weighted by Gasteiger charge is -2.52. The zero-order valence-corrected chi connectivity index (χ0v) is 15.7. The third-order valence-corrected chi connectivity index (χ3v) is 4.77. The molecule has 22 heavy (non-hydrogen) atoms. The van der Waals surface area contributed by atoms with Crippen molar-refractivity contribution < 1.29 is 13.9 Å². The number of rotatable bonds is 7. The molecule has 0 aliphatic carbocycles. The third-order valence-electron chi connectivity index (χ3n) is 3.63. The maximum absolute atomic E-state index is 6.56. The minimum absolute atomic E-state index is 0.0222. The molecule has 0 saturated carbocycles. The van der Waals surface area contributed by atoms with E-state index in [1.54, 1.807) is 0 Å². The molecule has 1 aromatic rings. The molecule has 1 aliphatic heterocycles. The Morgan fingerprint density at radius 3 is 2.50 bits per heavy atom. The van der Waals surface area contributed by atoms with Gasteiger partial charge in [-0.3, -0.25) is 0 Å². The van der Waals surface area contributed by atoms with Crippen LogP contribution in [0.15, 0.2) is 30.3 Å². The highest BCUT2D eigenvalue weighted by Gasteiger charge is 2.51. The van der Waals surface area contributed by atoms with E-state index in [-0.39, 0.29) is 11.7 Å². The molecule has 0 amide bonds. The number of thiocarbonyl (C=S) groups is 1. The summed E-state index contributed by atoms with van der Waals surface area (Å²) < 4.78 is 17.9. The van der Waals surface area contributed by atoms with Gasteiger partial charge in [-0.15, -0.1) is 0 Å². The first-order valence-corrected chi connectivity index (χ1v) is 11.6. The summed E-state index contributed by atoms with van der Waals surface area (Å²) in [5.41, 5.74) is 0.976. The molecule has 122 valence electrons. The fourth-order valence-corrected chi connectivity index (χ4v) is 4.49. The lowest BCUT2D eigenvalue weighted by Crippen LogP contribution is -2.58. The molecule has 1 saturated heterocycles. The van der Waals surface area contributed by atoms with Crippen LogP contribution in [0.5, 0.6) is 0 Å². The van der Waals surface area contributed by atoms with Crippen molar-refractivity contribution in [3.05, 3.63) is 35.9 Å². The molecule has 2 rings (SSSR count). The third kappa shape index (κ3) is 4.62. The zero-order chi connectivity index (χ0) is 16.2. The fraction of sp³-hybridized carbons (Fsp3) is 0.588. The van der Waals surface area contributed by atoms with Gasteiger partial charge in [-0.2, -0.15) is 0 Å². The van der Waals surface area contributed by atoms with Gasteiger partial charge < -0.3 is 13.9 Å². The smallest absolute Gasteiger partial charge is 0.184 e. The highest BCUT2D eigenvalue weighted by atomic mass is 32.1. The zero-order valence-electron chi connectivity index (χ0n) is 13.9. The summed E-state index contributed by atoms with van der Waals surface area (Å²) in [4.78, 5) is 0. The summed E-state index contributed by atoms with van der Waals surface area (Å²) in [5, 5.41) is 0.602. The molecule has 1 aromatic carbocycles. The molecule has 0 unspecified atom stereocenters. The molecule has 1 aliphatic rings. The molecule has 1 heterocycles. The Balaban J connectivity index is 2.07. The molecule has 5 heteroatoms. The lowest BCUT2D eigenvalue weighted by atomic mass is 9.83. The van der Waals surface area contributed by atoms with E-state index in [1.807, 2.05) is 13.0 Å². The van der Waals surface area contributed by atoms with Crippen LogP contribution in [0, 0.1) is 0 Å². The summed E-state index contributed by atoms with van der Waals surface area (Å²) in [6.07, 6.45) is 1.87. The van der Waals surface area contributed by atoms with Gasteiger partial charge in [0.15, 0.2) is 13.4 Å². The molecule has 0 spiro atoms. The first kappa shape index (κ1) is 17.6. The van der Waals surface area contributed by atoms with Crippen LogP contribution in [0.4, 0.5) is 0 Å². The second-order valence-corrected chi connectivity index (χ2v) is 11.8. The Labute approximate surface area is 140 Å². The summed E-state index contributed by atoms with van der Waals surface area (Å²) in [6, 6.07) is 10.4. The van der Waals surface area contributed by atoms with Crippen molar-refractivity contribution in [2.75, 3.05) is 13.2 Å². The standard InChI is InChI=1S/C17H26O3SSi/c1-14(21)18-12-8-11-17(20-22(2,3)4)13-19-16(17)15-9-6-5-7-10-15/h5-7,9-10,16H,8,11-13H2,1-4H3/t16-,17-/m1/s1. The molecule has 0 aromatic heterocycles. The second-order valence-electron chi connectivity index (χ2n) is 6.82. The Hall–Kier alpha value is -0.753. The summed E-state index contributed by atoms with van der Waals surface area (Å²) in [6.45, 7) is 9.80. The van der Waals surface area contributed by atoms with Gasteiger partial charge in [0, 0.05) is 6.92 Å². The van der Waals surface area contributed by atoms with Crippen molar-refractivity contribution >= 4 is 25.6 Å². The average molecular weight is 339 g/mol. The lowest BCUT2D eigenvalue weighted by molar-refractivity contribution is -0.235. The Morgan fingerprint density at radius 2 is 2.00 bits per heavy atom. The Morgan fingerprint density at radius 1 is 1.32 bits per heavy atom. The van der Waals surface area contributed by atoms with Crippen molar-refractivity contribution in [2.24, 2.45) is 0 Å². The molecule has 0 bridgehead atoms. The quantitative estimate of drug-likeness (QED) is 0.416. The van der Waals surface area contributed by atoms with Crippen LogP contribution >= 0.6 is 12.2 Å². The fourth-order valence-electron chi connectivity index (χ4n) is 2.91. The van der Waals surface area contributed by atoms with Gasteiger partial charge in [-0.05, 0) is 50.3 Å². The number of ether oxygens (including phenoxy) is 2. The van der Waals surface area contributed by atoms with Crippen LogP contribution in [0.1, 0.15) is 31.4 Å². The normalized spacial score (nSPS) is 24.6. The van der Waals surface area contributed by atoms with Crippen molar-refractivity contribution in [1.82, 2.24) is 0 Å². The largest absolute Gasteiger partial charge is 0.487 e. The second kappa shape index (κ2) is 7.21. The number of hydrogen-bond acceptors (Lipinski definition) is 4. The van der Waals surface area contributed by atoms with E-state index in [4.69, 9.17) is 26.1 Å². The Bertz CT molecular complexity index is 500. The summed E-state index contributed by atoms with van der Waals surface area (Å²) in [7, 11) is -1.67. The van der Waals surface area contributed by atoms with Crippen LogP contribution in [-0.4, -0.2) is 32.2 Å². The molecular formula is C17H26O3SSi. The maximum Gasteiger partial charge on any atom is 0.184 e. The maximum atomic E-state index is 6.56. The molecule has 2 atom stereocenters. The van der Waals surface area contributed by atoms with Gasteiger partial charge in [-0.25, -0.2) is 0 Å². The van der Waals surface area contributed by atoms with E-state index in [0.29, 0.717) is 18.3 Å². The number of hydrogen-bond donors (Lipinski definition) is 0. The van der Waals surface area contributed by atoms with Crippen LogP contribution < -0.4 is 0 Å². The van der Waals surface area contributed by atoms with E-state index < -0.39 is 8.32 Å². The Kier molecular flexibility index (Phi) is 5.77. The predicted octanol–water partition coefficient (Wildman–Crippen LogP) is 4.49. The van der Waals surface area contributed by atoms with Crippen LogP contribution in [-0.2, 0) is 13.9 Å². The molecule has 0 N–H and O–H groups in total. The summed E-state index contributed by atoms with van der Waals surface area (Å²) in [5.74, 6) is 0. The monoisotopic (exact) mass is 338 g/mol. The van der Waals surface area contributed by atoms with E-state index in [0.717, 1.165) is 12.8 Å². The van der Waals surface area contributed by atoms with Gasteiger partial charge in [0.2, 0.25) is 0 Å². The van der Waals surface area contributed by atoms with Gasteiger partial charge in [0.25, 0.3) is 0 Å². The van der Waals surface area contributed by atoms with E-state index in [9.17, 15) is 0 Å². The first-order chi connectivity index (χ1) is 10.3. The molecule has 0 radical (unpaired) electrons. The average Bonchev–Trinajstić information content (AvgIpc) is 2.41. The SMILES string of the molecule is CC(=S)OCCC[C@@]1(O[Si](C)(C)C)CO[C@@H]1c1ccccc1. The predicted molar refractivity (Wildman–Crippen MR) is 95.8 cm³/mol.